The Morgan fingerprint density at radius 3 is 2.29 bits per heavy atom. The van der Waals surface area contributed by atoms with Gasteiger partial charge in [0.15, 0.2) is 0 Å². The zero-order chi connectivity index (χ0) is 13.3. The van der Waals surface area contributed by atoms with Crippen LogP contribution in [-0.4, -0.2) is 37.0 Å². The topological polar surface area (TPSA) is 32.3 Å². The molecule has 0 saturated heterocycles. The number of nitrogens with zero attached hydrogens (tertiary/aromatic N) is 1. The molecule has 0 aliphatic heterocycles. The van der Waals surface area contributed by atoms with Crippen LogP contribution in [0.2, 0.25) is 0 Å². The highest BCUT2D eigenvalue weighted by atomic mass is 16.2. The minimum atomic E-state index is 0.0831. The summed E-state index contributed by atoms with van der Waals surface area (Å²) in [5, 5.41) is 3.28. The largest absolute Gasteiger partial charge is 0.341 e. The maximum atomic E-state index is 12.2. The van der Waals surface area contributed by atoms with Crippen molar-refractivity contribution in [3.63, 3.8) is 0 Å². The van der Waals surface area contributed by atoms with Crippen molar-refractivity contribution in [2.24, 2.45) is 5.41 Å². The summed E-state index contributed by atoms with van der Waals surface area (Å²) in [4.78, 5) is 14.2. The van der Waals surface area contributed by atoms with E-state index in [0.717, 1.165) is 39.0 Å². The molecule has 0 aromatic heterocycles. The van der Waals surface area contributed by atoms with Crippen LogP contribution in [-0.2, 0) is 4.79 Å². The Kier molecular flexibility index (Phi) is 8.23. The standard InChI is InChI=1S/C14H30N2O/c1-6-8-10-16(11-9-15-7-2)13(17)12-14(3,4)5/h15H,6-12H2,1-5H3. The van der Waals surface area contributed by atoms with Crippen LogP contribution in [0, 0.1) is 5.41 Å². The highest BCUT2D eigenvalue weighted by molar-refractivity contribution is 5.76. The number of rotatable bonds is 8. The average Bonchev–Trinajstić information content (AvgIpc) is 2.20. The second-order valence-electron chi connectivity index (χ2n) is 5.83. The van der Waals surface area contributed by atoms with Crippen LogP contribution in [0.3, 0.4) is 0 Å². The van der Waals surface area contributed by atoms with Gasteiger partial charge in [-0.1, -0.05) is 41.0 Å². The Labute approximate surface area is 107 Å². The van der Waals surface area contributed by atoms with Crippen LogP contribution in [0.4, 0.5) is 0 Å². The second-order valence-corrected chi connectivity index (χ2v) is 5.83. The molecule has 1 amide bonds. The lowest BCUT2D eigenvalue weighted by Gasteiger charge is -2.26. The van der Waals surface area contributed by atoms with Crippen molar-refractivity contribution in [3.8, 4) is 0 Å². The van der Waals surface area contributed by atoms with Crippen LogP contribution in [0.15, 0.2) is 0 Å². The van der Waals surface area contributed by atoms with Crippen molar-refractivity contribution in [2.45, 2.75) is 53.9 Å². The number of hydrogen-bond acceptors (Lipinski definition) is 2. The maximum absolute atomic E-state index is 12.2. The molecule has 102 valence electrons. The first-order valence-electron chi connectivity index (χ1n) is 6.89. The maximum Gasteiger partial charge on any atom is 0.223 e. The minimum Gasteiger partial charge on any atom is -0.341 e. The van der Waals surface area contributed by atoms with Crippen LogP contribution in [0.5, 0.6) is 0 Å². The fourth-order valence-corrected chi connectivity index (χ4v) is 1.67. The normalized spacial score (nSPS) is 11.6. The molecule has 0 spiro atoms. The molecule has 0 atom stereocenters. The van der Waals surface area contributed by atoms with E-state index in [1.807, 2.05) is 4.90 Å². The lowest BCUT2D eigenvalue weighted by molar-refractivity contribution is -0.133. The number of amides is 1. The van der Waals surface area contributed by atoms with E-state index in [9.17, 15) is 4.79 Å². The predicted molar refractivity (Wildman–Crippen MR) is 74.1 cm³/mol. The van der Waals surface area contributed by atoms with Gasteiger partial charge in [0.05, 0.1) is 0 Å². The SMILES string of the molecule is CCCCN(CCNCC)C(=O)CC(C)(C)C. The Bertz CT molecular complexity index is 209. The van der Waals surface area contributed by atoms with Crippen molar-refractivity contribution in [3.05, 3.63) is 0 Å². The van der Waals surface area contributed by atoms with E-state index in [1.54, 1.807) is 0 Å². The molecule has 0 aliphatic carbocycles. The molecule has 0 fully saturated rings. The van der Waals surface area contributed by atoms with Gasteiger partial charge in [-0.25, -0.2) is 0 Å². The van der Waals surface area contributed by atoms with Gasteiger partial charge in [-0.2, -0.15) is 0 Å². The molecule has 3 nitrogen and oxygen atoms in total. The van der Waals surface area contributed by atoms with Crippen LogP contribution < -0.4 is 5.32 Å². The van der Waals surface area contributed by atoms with E-state index in [0.29, 0.717) is 12.3 Å². The number of nitrogens with one attached hydrogen (secondary N) is 1. The van der Waals surface area contributed by atoms with Crippen molar-refractivity contribution < 1.29 is 4.79 Å². The van der Waals surface area contributed by atoms with Gasteiger partial charge in [-0.05, 0) is 18.4 Å². The van der Waals surface area contributed by atoms with Crippen molar-refractivity contribution in [1.29, 1.82) is 0 Å². The highest BCUT2D eigenvalue weighted by Gasteiger charge is 2.20. The van der Waals surface area contributed by atoms with Gasteiger partial charge in [-0.15, -0.1) is 0 Å². The molecule has 0 aromatic rings. The summed E-state index contributed by atoms with van der Waals surface area (Å²) in [5.74, 6) is 0.295. The molecular formula is C14H30N2O. The lowest BCUT2D eigenvalue weighted by Crippen LogP contribution is -2.39. The summed E-state index contributed by atoms with van der Waals surface area (Å²) >= 11 is 0. The molecule has 0 saturated carbocycles. The third-order valence-electron chi connectivity index (χ3n) is 2.62. The van der Waals surface area contributed by atoms with Crippen LogP contribution in [0.1, 0.15) is 53.9 Å². The number of hydrogen-bond donors (Lipinski definition) is 1. The van der Waals surface area contributed by atoms with Gasteiger partial charge >= 0.3 is 0 Å². The lowest BCUT2D eigenvalue weighted by atomic mass is 9.91. The molecule has 0 radical (unpaired) electrons. The fraction of sp³-hybridized carbons (Fsp3) is 0.929. The van der Waals surface area contributed by atoms with Gasteiger partial charge in [0.25, 0.3) is 0 Å². The average molecular weight is 242 g/mol. The number of unbranched alkanes of at least 4 members (excludes halogenated alkanes) is 1. The monoisotopic (exact) mass is 242 g/mol. The third kappa shape index (κ3) is 9.16. The zero-order valence-electron chi connectivity index (χ0n) is 12.3. The van der Waals surface area contributed by atoms with E-state index in [-0.39, 0.29) is 5.41 Å². The molecule has 0 heterocycles. The van der Waals surface area contributed by atoms with Crippen molar-refractivity contribution >= 4 is 5.91 Å². The minimum absolute atomic E-state index is 0.0831. The smallest absolute Gasteiger partial charge is 0.223 e. The van der Waals surface area contributed by atoms with Gasteiger partial charge in [0, 0.05) is 26.1 Å². The summed E-state index contributed by atoms with van der Waals surface area (Å²) in [7, 11) is 0. The van der Waals surface area contributed by atoms with E-state index in [2.05, 4.69) is 39.9 Å². The molecular weight excluding hydrogens is 212 g/mol. The highest BCUT2D eigenvalue weighted by Crippen LogP contribution is 2.19. The third-order valence-corrected chi connectivity index (χ3v) is 2.62. The molecule has 0 unspecified atom stereocenters. The van der Waals surface area contributed by atoms with Gasteiger partial charge in [0.1, 0.15) is 0 Å². The van der Waals surface area contributed by atoms with E-state index < -0.39 is 0 Å². The Morgan fingerprint density at radius 2 is 1.82 bits per heavy atom. The van der Waals surface area contributed by atoms with Crippen molar-refractivity contribution in [2.75, 3.05) is 26.2 Å². The van der Waals surface area contributed by atoms with Gasteiger partial charge in [-0.3, -0.25) is 4.79 Å². The number of likely N-dealkylation sites (N-methyl/N-ethyl adjacent to an activating group) is 1. The molecule has 3 heteroatoms. The van der Waals surface area contributed by atoms with Gasteiger partial charge < -0.3 is 10.2 Å². The fourth-order valence-electron chi connectivity index (χ4n) is 1.67. The summed E-state index contributed by atoms with van der Waals surface area (Å²) in [5.41, 5.74) is 0.0831. The first kappa shape index (κ1) is 16.4. The first-order chi connectivity index (χ1) is 7.90. The van der Waals surface area contributed by atoms with Crippen LogP contribution >= 0.6 is 0 Å². The Morgan fingerprint density at radius 1 is 1.18 bits per heavy atom. The molecule has 0 aliphatic rings. The molecule has 17 heavy (non-hydrogen) atoms. The molecule has 0 bridgehead atoms. The molecule has 1 N–H and O–H groups in total. The number of carbonyl (C=O) groups is 1. The summed E-state index contributed by atoms with van der Waals surface area (Å²) in [6.07, 6.45) is 2.88. The van der Waals surface area contributed by atoms with E-state index in [4.69, 9.17) is 0 Å². The summed E-state index contributed by atoms with van der Waals surface area (Å²) in [6, 6.07) is 0. The summed E-state index contributed by atoms with van der Waals surface area (Å²) in [6.45, 7) is 14.2. The van der Waals surface area contributed by atoms with Crippen LogP contribution in [0.25, 0.3) is 0 Å². The zero-order valence-corrected chi connectivity index (χ0v) is 12.3. The summed E-state index contributed by atoms with van der Waals surface area (Å²) < 4.78 is 0. The predicted octanol–water partition coefficient (Wildman–Crippen LogP) is 2.66. The Hall–Kier alpha value is -0.570. The first-order valence-corrected chi connectivity index (χ1v) is 6.89. The van der Waals surface area contributed by atoms with Crippen molar-refractivity contribution in [1.82, 2.24) is 10.2 Å². The molecule has 0 aromatic carbocycles. The van der Waals surface area contributed by atoms with E-state index in [1.165, 1.54) is 0 Å². The van der Waals surface area contributed by atoms with Gasteiger partial charge in [0.2, 0.25) is 5.91 Å². The number of carbonyl (C=O) groups excluding carboxylic acids is 1. The van der Waals surface area contributed by atoms with E-state index >= 15 is 0 Å². The molecule has 0 rings (SSSR count). The quantitative estimate of drug-likeness (QED) is 0.664. The second kappa shape index (κ2) is 8.51. The Balaban J connectivity index is 4.19.